The maximum absolute atomic E-state index is 11.5. The Labute approximate surface area is 178 Å². The number of nitrogens with one attached hydrogen (secondary N) is 1. The minimum atomic E-state index is -1.76. The van der Waals surface area contributed by atoms with E-state index in [9.17, 15) is 45.6 Å². The van der Waals surface area contributed by atoms with Crippen molar-refractivity contribution in [2.75, 3.05) is 13.2 Å². The summed E-state index contributed by atoms with van der Waals surface area (Å²) in [5.74, 6) is -1.17. The van der Waals surface area contributed by atoms with E-state index in [1.54, 1.807) is 0 Å². The summed E-state index contributed by atoms with van der Waals surface area (Å²) in [6, 6.07) is -1.09. The Balaban J connectivity index is 2.12. The quantitative estimate of drug-likeness (QED) is 0.161. The monoisotopic (exact) mass is 455 g/mol. The van der Waals surface area contributed by atoms with Crippen LogP contribution in [0.25, 0.3) is 0 Å². The number of rotatable bonds is 9. The highest BCUT2D eigenvalue weighted by atomic mass is 16.7. The van der Waals surface area contributed by atoms with Gasteiger partial charge in [0.05, 0.1) is 13.2 Å². The van der Waals surface area contributed by atoms with Crippen molar-refractivity contribution >= 4 is 5.97 Å². The van der Waals surface area contributed by atoms with Crippen LogP contribution in [0.2, 0.25) is 0 Å². The lowest BCUT2D eigenvalue weighted by molar-refractivity contribution is -0.343. The molecule has 0 aromatic carbocycles. The lowest BCUT2D eigenvalue weighted by Crippen LogP contribution is -2.67. The molecule has 2 heterocycles. The summed E-state index contributed by atoms with van der Waals surface area (Å²) in [5.41, 5.74) is 0. The van der Waals surface area contributed by atoms with Gasteiger partial charge in [-0.25, -0.2) is 0 Å². The predicted octanol–water partition coefficient (Wildman–Crippen LogP) is -4.30. The Bertz CT molecular complexity index is 576. The number of ether oxygens (including phenoxy) is 3. The molecule has 9 N–H and O–H groups in total. The molecule has 2 aliphatic heterocycles. The van der Waals surface area contributed by atoms with Gasteiger partial charge in [-0.2, -0.15) is 0 Å². The molecule has 0 saturated carbocycles. The first-order valence-corrected chi connectivity index (χ1v) is 10.1. The SMILES string of the molecule is CC(C)CC(NC1OC(CO)C(OC2OC(CO)C(O)C(O)C2O)C(O)C1O)C(=O)O. The lowest BCUT2D eigenvalue weighted by atomic mass is 9.95. The minimum absolute atomic E-state index is 0.00941. The second-order valence-electron chi connectivity index (χ2n) is 8.24. The van der Waals surface area contributed by atoms with Gasteiger partial charge in [-0.05, 0) is 12.3 Å². The van der Waals surface area contributed by atoms with Crippen LogP contribution in [0.4, 0.5) is 0 Å². The zero-order valence-corrected chi connectivity index (χ0v) is 17.3. The van der Waals surface area contributed by atoms with E-state index in [-0.39, 0.29) is 12.3 Å². The third-order valence-electron chi connectivity index (χ3n) is 5.37. The van der Waals surface area contributed by atoms with Gasteiger partial charge < -0.3 is 55.1 Å². The zero-order valence-electron chi connectivity index (χ0n) is 17.3. The van der Waals surface area contributed by atoms with E-state index in [1.807, 2.05) is 13.8 Å². The number of aliphatic carboxylic acids is 1. The smallest absolute Gasteiger partial charge is 0.320 e. The number of hydrogen-bond acceptors (Lipinski definition) is 12. The molecule has 0 aliphatic carbocycles. The fourth-order valence-corrected chi connectivity index (χ4v) is 3.64. The van der Waals surface area contributed by atoms with Crippen LogP contribution in [0, 0.1) is 5.92 Å². The molecule has 11 unspecified atom stereocenters. The van der Waals surface area contributed by atoms with Crippen LogP contribution in [0.5, 0.6) is 0 Å². The van der Waals surface area contributed by atoms with Gasteiger partial charge in [0.1, 0.15) is 61.1 Å². The summed E-state index contributed by atoms with van der Waals surface area (Å²) in [7, 11) is 0. The topological polar surface area (TPSA) is 219 Å². The van der Waals surface area contributed by atoms with Crippen molar-refractivity contribution in [3.8, 4) is 0 Å². The molecule has 2 aliphatic rings. The Morgan fingerprint density at radius 2 is 1.52 bits per heavy atom. The number of carbonyl (C=O) groups is 1. The Morgan fingerprint density at radius 1 is 0.903 bits per heavy atom. The van der Waals surface area contributed by atoms with Gasteiger partial charge in [-0.3, -0.25) is 10.1 Å². The van der Waals surface area contributed by atoms with Gasteiger partial charge in [0.15, 0.2) is 6.29 Å². The van der Waals surface area contributed by atoms with Gasteiger partial charge >= 0.3 is 5.97 Å². The molecule has 0 amide bonds. The van der Waals surface area contributed by atoms with Crippen molar-refractivity contribution in [2.24, 2.45) is 5.92 Å². The van der Waals surface area contributed by atoms with Gasteiger partial charge in [0.2, 0.25) is 0 Å². The highest BCUT2D eigenvalue weighted by Gasteiger charge is 2.50. The highest BCUT2D eigenvalue weighted by molar-refractivity contribution is 5.73. The first-order valence-electron chi connectivity index (χ1n) is 10.1. The van der Waals surface area contributed by atoms with E-state index in [0.29, 0.717) is 0 Å². The zero-order chi connectivity index (χ0) is 23.5. The van der Waals surface area contributed by atoms with E-state index < -0.39 is 86.6 Å². The van der Waals surface area contributed by atoms with Crippen LogP contribution >= 0.6 is 0 Å². The molecule has 2 rings (SSSR count). The first-order chi connectivity index (χ1) is 14.5. The van der Waals surface area contributed by atoms with Crippen molar-refractivity contribution in [3.63, 3.8) is 0 Å². The summed E-state index contributed by atoms with van der Waals surface area (Å²) in [6.45, 7) is 2.22. The van der Waals surface area contributed by atoms with Crippen molar-refractivity contribution in [1.82, 2.24) is 5.32 Å². The van der Waals surface area contributed by atoms with Gasteiger partial charge in [-0.15, -0.1) is 0 Å². The van der Waals surface area contributed by atoms with Crippen LogP contribution in [-0.2, 0) is 19.0 Å². The molecule has 0 aromatic rings. The second-order valence-corrected chi connectivity index (χ2v) is 8.24. The number of aliphatic hydroxyl groups is 7. The molecular formula is C18H33NO12. The number of aliphatic hydroxyl groups excluding tert-OH is 7. The van der Waals surface area contributed by atoms with Crippen LogP contribution in [0.3, 0.4) is 0 Å². The predicted molar refractivity (Wildman–Crippen MR) is 100 cm³/mol. The summed E-state index contributed by atoms with van der Waals surface area (Å²) >= 11 is 0. The summed E-state index contributed by atoms with van der Waals surface area (Å²) in [4.78, 5) is 11.5. The molecule has 182 valence electrons. The average Bonchev–Trinajstić information content (AvgIpc) is 2.72. The standard InChI is InChI=1S/C18H33NO12/c1-6(2)3-7(17(27)28)19-16-13(25)12(24)15(9(5-21)29-16)31-18-14(26)11(23)10(22)8(4-20)30-18/h6-16,18-26H,3-5H2,1-2H3,(H,27,28). The number of carboxylic acid groups (broad SMARTS) is 1. The molecule has 13 heteroatoms. The highest BCUT2D eigenvalue weighted by Crippen LogP contribution is 2.29. The molecule has 2 saturated heterocycles. The third kappa shape index (κ3) is 6.09. The Morgan fingerprint density at radius 3 is 2.03 bits per heavy atom. The van der Waals surface area contributed by atoms with Crippen molar-refractivity contribution in [1.29, 1.82) is 0 Å². The second kappa shape index (κ2) is 11.2. The summed E-state index contributed by atoms with van der Waals surface area (Å²) in [6.07, 6.45) is -15.2. The third-order valence-corrected chi connectivity index (χ3v) is 5.37. The van der Waals surface area contributed by atoms with Gasteiger partial charge in [0, 0.05) is 0 Å². The summed E-state index contributed by atoms with van der Waals surface area (Å²) in [5, 5.41) is 81.8. The molecule has 0 bridgehead atoms. The van der Waals surface area contributed by atoms with E-state index in [4.69, 9.17) is 14.2 Å². The molecule has 11 atom stereocenters. The Kier molecular flexibility index (Phi) is 9.54. The minimum Gasteiger partial charge on any atom is -0.480 e. The molecule has 0 aromatic heterocycles. The molecule has 0 spiro atoms. The van der Waals surface area contributed by atoms with Crippen LogP contribution < -0.4 is 5.32 Å². The number of carboxylic acids is 1. The maximum atomic E-state index is 11.5. The Hall–Kier alpha value is -0.970. The molecule has 13 nitrogen and oxygen atoms in total. The molecule has 31 heavy (non-hydrogen) atoms. The van der Waals surface area contributed by atoms with Gasteiger partial charge in [0.25, 0.3) is 0 Å². The first kappa shape index (κ1) is 26.3. The van der Waals surface area contributed by atoms with Crippen molar-refractivity contribution in [3.05, 3.63) is 0 Å². The molecule has 0 radical (unpaired) electrons. The van der Waals surface area contributed by atoms with E-state index in [0.717, 1.165) is 0 Å². The maximum Gasteiger partial charge on any atom is 0.320 e. The normalized spacial score (nSPS) is 42.5. The molecule has 2 fully saturated rings. The largest absolute Gasteiger partial charge is 0.480 e. The van der Waals surface area contributed by atoms with Crippen LogP contribution in [0.15, 0.2) is 0 Å². The van der Waals surface area contributed by atoms with Crippen LogP contribution in [0.1, 0.15) is 20.3 Å². The molecular weight excluding hydrogens is 422 g/mol. The summed E-state index contributed by atoms with van der Waals surface area (Å²) < 4.78 is 16.2. The van der Waals surface area contributed by atoms with Crippen molar-refractivity contribution < 1.29 is 59.9 Å². The van der Waals surface area contributed by atoms with Crippen molar-refractivity contribution in [2.45, 2.75) is 87.7 Å². The number of hydrogen-bond donors (Lipinski definition) is 9. The average molecular weight is 455 g/mol. The lowest BCUT2D eigenvalue weighted by Gasteiger charge is -2.46. The van der Waals surface area contributed by atoms with Gasteiger partial charge in [-0.1, -0.05) is 13.8 Å². The van der Waals surface area contributed by atoms with Crippen LogP contribution in [-0.4, -0.2) is 127 Å². The fourth-order valence-electron chi connectivity index (χ4n) is 3.64. The van der Waals surface area contributed by atoms with E-state index in [1.165, 1.54) is 0 Å². The van der Waals surface area contributed by atoms with E-state index >= 15 is 0 Å². The van der Waals surface area contributed by atoms with E-state index in [2.05, 4.69) is 5.32 Å². The fraction of sp³-hybridized carbons (Fsp3) is 0.944.